The van der Waals surface area contributed by atoms with E-state index in [1.165, 1.54) is 12.1 Å². The van der Waals surface area contributed by atoms with Gasteiger partial charge < -0.3 is 10.1 Å². The number of rotatable bonds is 3. The third-order valence-corrected chi connectivity index (χ3v) is 3.84. The van der Waals surface area contributed by atoms with E-state index in [0.29, 0.717) is 18.7 Å². The van der Waals surface area contributed by atoms with E-state index in [9.17, 15) is 9.18 Å². The van der Waals surface area contributed by atoms with E-state index in [1.807, 2.05) is 0 Å². The molecule has 2 aromatic rings. The van der Waals surface area contributed by atoms with Gasteiger partial charge in [-0.1, -0.05) is 11.6 Å². The summed E-state index contributed by atoms with van der Waals surface area (Å²) < 4.78 is 19.9. The fourth-order valence-corrected chi connectivity index (χ4v) is 2.81. The molecule has 22 heavy (non-hydrogen) atoms. The van der Waals surface area contributed by atoms with Crippen LogP contribution in [0.3, 0.4) is 0 Å². The zero-order valence-electron chi connectivity index (χ0n) is 12.0. The monoisotopic (exact) mass is 323 g/mol. The Morgan fingerprint density at radius 3 is 3.09 bits per heavy atom. The molecule has 116 valence electrons. The molecule has 5 nitrogen and oxygen atoms in total. The molecule has 0 bridgehead atoms. The Balaban J connectivity index is 2.13. The number of fused-ring (bicyclic) bond motifs is 1. The summed E-state index contributed by atoms with van der Waals surface area (Å²) in [5.41, 5.74) is 2.54. The topological polar surface area (TPSA) is 56.1 Å². The number of hydrogen-bond donors (Lipinski definition) is 1. The maximum Gasteiger partial charge on any atom is 0.359 e. The predicted molar refractivity (Wildman–Crippen MR) is 79.9 cm³/mol. The Hall–Kier alpha value is -1.92. The first kappa shape index (κ1) is 15.0. The molecule has 0 saturated carbocycles. The largest absolute Gasteiger partial charge is 0.461 e. The molecule has 3 rings (SSSR count). The molecule has 0 unspecified atom stereocenters. The molecule has 0 radical (unpaired) electrons. The van der Waals surface area contributed by atoms with Gasteiger partial charge >= 0.3 is 5.97 Å². The average molecular weight is 324 g/mol. The van der Waals surface area contributed by atoms with Gasteiger partial charge in [-0.25, -0.2) is 13.9 Å². The van der Waals surface area contributed by atoms with Crippen molar-refractivity contribution in [3.8, 4) is 5.69 Å². The fourth-order valence-electron chi connectivity index (χ4n) is 2.56. The number of benzene rings is 1. The summed E-state index contributed by atoms with van der Waals surface area (Å²) in [7, 11) is 0. The minimum absolute atomic E-state index is 0.249. The molecule has 1 N–H and O–H groups in total. The SMILES string of the molecule is CCOC(=O)c1nn(-c2ccc(F)cc2Cl)c2c1CNCC2. The van der Waals surface area contributed by atoms with Crippen LogP contribution in [0.25, 0.3) is 5.69 Å². The van der Waals surface area contributed by atoms with E-state index >= 15 is 0 Å². The maximum absolute atomic E-state index is 13.2. The van der Waals surface area contributed by atoms with Crippen molar-refractivity contribution in [3.63, 3.8) is 0 Å². The zero-order chi connectivity index (χ0) is 15.7. The van der Waals surface area contributed by atoms with Gasteiger partial charge in [0, 0.05) is 25.1 Å². The van der Waals surface area contributed by atoms with Crippen molar-refractivity contribution in [2.45, 2.75) is 19.9 Å². The highest BCUT2D eigenvalue weighted by Crippen LogP contribution is 2.27. The molecule has 2 heterocycles. The van der Waals surface area contributed by atoms with E-state index in [2.05, 4.69) is 10.4 Å². The third-order valence-electron chi connectivity index (χ3n) is 3.54. The highest BCUT2D eigenvalue weighted by atomic mass is 35.5. The minimum Gasteiger partial charge on any atom is -0.461 e. The van der Waals surface area contributed by atoms with Crippen LogP contribution >= 0.6 is 11.6 Å². The number of aromatic nitrogens is 2. The second-order valence-electron chi connectivity index (χ2n) is 4.93. The first-order valence-electron chi connectivity index (χ1n) is 7.06. The average Bonchev–Trinajstić information content (AvgIpc) is 2.87. The lowest BCUT2D eigenvalue weighted by atomic mass is 10.1. The molecule has 0 aliphatic carbocycles. The van der Waals surface area contributed by atoms with E-state index in [-0.39, 0.29) is 17.3 Å². The lowest BCUT2D eigenvalue weighted by molar-refractivity contribution is 0.0517. The number of hydrogen-bond acceptors (Lipinski definition) is 4. The third kappa shape index (κ3) is 2.60. The number of halogens is 2. The van der Waals surface area contributed by atoms with Crippen LogP contribution in [0.2, 0.25) is 5.02 Å². The van der Waals surface area contributed by atoms with Crippen molar-refractivity contribution in [3.05, 3.63) is 46.0 Å². The normalized spacial score (nSPS) is 13.8. The molecule has 0 fully saturated rings. The predicted octanol–water partition coefficient (Wildman–Crippen LogP) is 2.49. The van der Waals surface area contributed by atoms with Crippen molar-refractivity contribution in [2.24, 2.45) is 0 Å². The quantitative estimate of drug-likeness (QED) is 0.882. The summed E-state index contributed by atoms with van der Waals surface area (Å²) in [4.78, 5) is 12.1. The molecule has 0 amide bonds. The molecular weight excluding hydrogens is 309 g/mol. The highest BCUT2D eigenvalue weighted by Gasteiger charge is 2.26. The Morgan fingerprint density at radius 1 is 1.55 bits per heavy atom. The second kappa shape index (κ2) is 6.06. The molecule has 1 aliphatic heterocycles. The molecule has 0 saturated heterocycles. The van der Waals surface area contributed by atoms with Crippen molar-refractivity contribution in [1.29, 1.82) is 0 Å². The lowest BCUT2D eigenvalue weighted by Gasteiger charge is -2.16. The standard InChI is InChI=1S/C15H15ClFN3O2/c1-2-22-15(21)14-10-8-18-6-5-12(10)20(19-14)13-4-3-9(17)7-11(13)16/h3-4,7,18H,2,5-6,8H2,1H3. The molecular formula is C15H15ClFN3O2. The molecule has 7 heteroatoms. The summed E-state index contributed by atoms with van der Waals surface area (Å²) in [5, 5.41) is 7.83. The van der Waals surface area contributed by atoms with Crippen LogP contribution in [0.15, 0.2) is 18.2 Å². The summed E-state index contributed by atoms with van der Waals surface area (Å²) in [6, 6.07) is 4.11. The second-order valence-corrected chi connectivity index (χ2v) is 5.34. The van der Waals surface area contributed by atoms with Crippen LogP contribution < -0.4 is 5.32 Å². The van der Waals surface area contributed by atoms with Gasteiger partial charge in [-0.2, -0.15) is 5.10 Å². The summed E-state index contributed by atoms with van der Waals surface area (Å²) in [6.07, 6.45) is 0.704. The summed E-state index contributed by atoms with van der Waals surface area (Å²) in [5.74, 6) is -0.874. The first-order valence-corrected chi connectivity index (χ1v) is 7.43. The van der Waals surface area contributed by atoms with E-state index in [0.717, 1.165) is 17.8 Å². The van der Waals surface area contributed by atoms with Gasteiger partial charge in [0.1, 0.15) is 5.82 Å². The van der Waals surface area contributed by atoms with Crippen LogP contribution in [0.1, 0.15) is 28.7 Å². The Kier molecular flexibility index (Phi) is 4.13. The molecule has 1 aromatic heterocycles. The first-order chi connectivity index (χ1) is 10.6. The number of carbonyl (C=O) groups is 1. The minimum atomic E-state index is -0.459. The number of nitrogens with one attached hydrogen (secondary N) is 1. The Bertz CT molecular complexity index is 730. The fraction of sp³-hybridized carbons (Fsp3) is 0.333. The smallest absolute Gasteiger partial charge is 0.359 e. The van der Waals surface area contributed by atoms with Crippen molar-refractivity contribution in [1.82, 2.24) is 15.1 Å². The Labute approximate surface area is 132 Å². The summed E-state index contributed by atoms with van der Waals surface area (Å²) >= 11 is 6.12. The van der Waals surface area contributed by atoms with Crippen LogP contribution in [0, 0.1) is 5.82 Å². The molecule has 1 aromatic carbocycles. The van der Waals surface area contributed by atoms with Gasteiger partial charge in [0.05, 0.1) is 23.0 Å². The molecule has 1 aliphatic rings. The summed E-state index contributed by atoms with van der Waals surface area (Å²) in [6.45, 7) is 3.35. The number of nitrogens with zero attached hydrogens (tertiary/aromatic N) is 2. The molecule has 0 atom stereocenters. The van der Waals surface area contributed by atoms with Crippen molar-refractivity contribution >= 4 is 17.6 Å². The van der Waals surface area contributed by atoms with Gasteiger partial charge in [-0.05, 0) is 25.1 Å². The lowest BCUT2D eigenvalue weighted by Crippen LogP contribution is -2.25. The van der Waals surface area contributed by atoms with E-state index in [1.54, 1.807) is 17.7 Å². The maximum atomic E-state index is 13.2. The van der Waals surface area contributed by atoms with Gasteiger partial charge in [-0.3, -0.25) is 0 Å². The van der Waals surface area contributed by atoms with Crippen LogP contribution in [0.4, 0.5) is 4.39 Å². The van der Waals surface area contributed by atoms with Crippen molar-refractivity contribution in [2.75, 3.05) is 13.2 Å². The molecule has 0 spiro atoms. The zero-order valence-corrected chi connectivity index (χ0v) is 12.8. The van der Waals surface area contributed by atoms with Gasteiger partial charge in [0.25, 0.3) is 0 Å². The van der Waals surface area contributed by atoms with Gasteiger partial charge in [-0.15, -0.1) is 0 Å². The van der Waals surface area contributed by atoms with Gasteiger partial charge in [0.2, 0.25) is 0 Å². The van der Waals surface area contributed by atoms with E-state index in [4.69, 9.17) is 16.3 Å². The van der Waals surface area contributed by atoms with Crippen LogP contribution in [0.5, 0.6) is 0 Å². The van der Waals surface area contributed by atoms with Crippen molar-refractivity contribution < 1.29 is 13.9 Å². The number of esters is 1. The highest BCUT2D eigenvalue weighted by molar-refractivity contribution is 6.32. The number of ether oxygens (including phenoxy) is 1. The number of carbonyl (C=O) groups excluding carboxylic acids is 1. The van der Waals surface area contributed by atoms with Gasteiger partial charge in [0.15, 0.2) is 5.69 Å². The Morgan fingerprint density at radius 2 is 2.36 bits per heavy atom. The van der Waals surface area contributed by atoms with Crippen LogP contribution in [-0.2, 0) is 17.7 Å². The van der Waals surface area contributed by atoms with Crippen LogP contribution in [-0.4, -0.2) is 28.9 Å². The van der Waals surface area contributed by atoms with E-state index < -0.39 is 11.8 Å².